The monoisotopic (exact) mass is 232 g/mol. The van der Waals surface area contributed by atoms with Gasteiger partial charge in [-0.1, -0.05) is 6.92 Å². The van der Waals surface area contributed by atoms with Gasteiger partial charge >= 0.3 is 0 Å². The number of amides is 1. The van der Waals surface area contributed by atoms with E-state index in [-0.39, 0.29) is 11.7 Å². The van der Waals surface area contributed by atoms with Crippen molar-refractivity contribution < 1.29 is 9.18 Å². The molecule has 1 amide bonds. The lowest BCUT2D eigenvalue weighted by Gasteiger charge is -2.39. The Balaban J connectivity index is 2.07. The summed E-state index contributed by atoms with van der Waals surface area (Å²) < 4.78 is 12.7. The first-order valence-electron chi connectivity index (χ1n) is 5.54. The minimum atomic E-state index is -0.895. The lowest BCUT2D eigenvalue weighted by atomic mass is 9.63. The van der Waals surface area contributed by atoms with E-state index >= 15 is 0 Å². The lowest BCUT2D eigenvalue weighted by Crippen LogP contribution is -2.45. The number of carbonyl (C=O) groups is 1. The number of carbonyl (C=O) groups excluding carboxylic acids is 1. The van der Waals surface area contributed by atoms with Gasteiger partial charge in [0.05, 0.1) is 6.07 Å². The molecule has 2 rings (SSSR count). The second-order valence-corrected chi connectivity index (χ2v) is 4.67. The highest BCUT2D eigenvalue weighted by Gasteiger charge is 2.48. The second-order valence-electron chi connectivity index (χ2n) is 4.67. The van der Waals surface area contributed by atoms with Crippen molar-refractivity contribution in [3.05, 3.63) is 30.1 Å². The lowest BCUT2D eigenvalue weighted by molar-refractivity contribution is -0.128. The number of halogens is 1. The average Bonchev–Trinajstić information content (AvgIpc) is 2.27. The SMILES string of the molecule is CC1CC(C#N)(C(=O)Nc2ccc(F)cc2)C1. The van der Waals surface area contributed by atoms with Gasteiger partial charge < -0.3 is 5.32 Å². The van der Waals surface area contributed by atoms with E-state index in [2.05, 4.69) is 11.4 Å². The number of nitrogens with zero attached hydrogens (tertiary/aromatic N) is 1. The third-order valence-corrected chi connectivity index (χ3v) is 3.14. The van der Waals surface area contributed by atoms with Crippen molar-refractivity contribution in [2.75, 3.05) is 5.32 Å². The van der Waals surface area contributed by atoms with Crippen molar-refractivity contribution in [2.45, 2.75) is 19.8 Å². The summed E-state index contributed by atoms with van der Waals surface area (Å²) in [5.41, 5.74) is -0.376. The zero-order valence-electron chi connectivity index (χ0n) is 9.53. The maximum atomic E-state index is 12.7. The van der Waals surface area contributed by atoms with Gasteiger partial charge in [-0.15, -0.1) is 0 Å². The van der Waals surface area contributed by atoms with Crippen LogP contribution in [0.4, 0.5) is 10.1 Å². The summed E-state index contributed by atoms with van der Waals surface area (Å²) in [4.78, 5) is 12.0. The summed E-state index contributed by atoms with van der Waals surface area (Å²) in [5, 5.41) is 11.7. The summed E-state index contributed by atoms with van der Waals surface area (Å²) in [7, 11) is 0. The number of rotatable bonds is 2. The van der Waals surface area contributed by atoms with E-state index in [1.54, 1.807) is 0 Å². The quantitative estimate of drug-likeness (QED) is 0.852. The largest absolute Gasteiger partial charge is 0.325 e. The van der Waals surface area contributed by atoms with Gasteiger partial charge in [0.2, 0.25) is 5.91 Å². The smallest absolute Gasteiger partial charge is 0.244 e. The Morgan fingerprint density at radius 2 is 2.06 bits per heavy atom. The Labute approximate surface area is 99.2 Å². The zero-order chi connectivity index (χ0) is 12.5. The van der Waals surface area contributed by atoms with Crippen molar-refractivity contribution >= 4 is 11.6 Å². The third-order valence-electron chi connectivity index (χ3n) is 3.14. The summed E-state index contributed by atoms with van der Waals surface area (Å²) in [6.07, 6.45) is 1.19. The molecule has 1 saturated carbocycles. The predicted octanol–water partition coefficient (Wildman–Crippen LogP) is 2.70. The third kappa shape index (κ3) is 2.14. The molecule has 1 aromatic rings. The van der Waals surface area contributed by atoms with E-state index in [0.717, 1.165) is 0 Å². The van der Waals surface area contributed by atoms with E-state index in [4.69, 9.17) is 5.26 Å². The van der Waals surface area contributed by atoms with Crippen LogP contribution in [0.3, 0.4) is 0 Å². The molecular formula is C13H13FN2O. The number of nitrogens with one attached hydrogen (secondary N) is 1. The molecule has 17 heavy (non-hydrogen) atoms. The summed E-state index contributed by atoms with van der Waals surface area (Å²) in [6, 6.07) is 7.62. The minimum Gasteiger partial charge on any atom is -0.325 e. The highest BCUT2D eigenvalue weighted by atomic mass is 19.1. The van der Waals surface area contributed by atoms with Gasteiger partial charge in [0.15, 0.2) is 0 Å². The van der Waals surface area contributed by atoms with Crippen molar-refractivity contribution in [1.29, 1.82) is 5.26 Å². The molecule has 0 unspecified atom stereocenters. The van der Waals surface area contributed by atoms with Gasteiger partial charge in [0, 0.05) is 5.69 Å². The molecule has 0 saturated heterocycles. The Bertz CT molecular complexity index is 469. The van der Waals surface area contributed by atoms with Gasteiger partial charge in [0.25, 0.3) is 0 Å². The summed E-state index contributed by atoms with van der Waals surface area (Å²) in [5.74, 6) is -0.228. The van der Waals surface area contributed by atoms with Crippen LogP contribution in [-0.4, -0.2) is 5.91 Å². The van der Waals surface area contributed by atoms with E-state index in [9.17, 15) is 9.18 Å². The van der Waals surface area contributed by atoms with Crippen LogP contribution in [0, 0.1) is 28.5 Å². The number of hydrogen-bond acceptors (Lipinski definition) is 2. The molecule has 3 nitrogen and oxygen atoms in total. The Kier molecular flexibility index (Phi) is 2.84. The molecule has 0 heterocycles. The maximum absolute atomic E-state index is 12.7. The fourth-order valence-electron chi connectivity index (χ4n) is 2.24. The Hall–Kier alpha value is -1.89. The van der Waals surface area contributed by atoms with Crippen molar-refractivity contribution in [2.24, 2.45) is 11.3 Å². The predicted molar refractivity (Wildman–Crippen MR) is 61.5 cm³/mol. The topological polar surface area (TPSA) is 52.9 Å². The minimum absolute atomic E-state index is 0.287. The van der Waals surface area contributed by atoms with Crippen LogP contribution < -0.4 is 5.32 Å². The van der Waals surface area contributed by atoms with E-state index in [0.29, 0.717) is 24.4 Å². The van der Waals surface area contributed by atoms with Gasteiger partial charge in [0.1, 0.15) is 11.2 Å². The first-order chi connectivity index (χ1) is 8.05. The van der Waals surface area contributed by atoms with Crippen molar-refractivity contribution in [3.8, 4) is 6.07 Å². The average molecular weight is 232 g/mol. The highest BCUT2D eigenvalue weighted by Crippen LogP contribution is 2.45. The fraction of sp³-hybridized carbons (Fsp3) is 0.385. The Morgan fingerprint density at radius 1 is 1.47 bits per heavy atom. The molecule has 1 aromatic carbocycles. The molecule has 4 heteroatoms. The molecule has 1 fully saturated rings. The van der Waals surface area contributed by atoms with Crippen LogP contribution in [0.25, 0.3) is 0 Å². The molecule has 88 valence electrons. The standard InChI is InChI=1S/C13H13FN2O/c1-9-6-13(7-9,8-15)12(17)16-11-4-2-10(14)3-5-11/h2-5,9H,6-7H2,1H3,(H,16,17). The van der Waals surface area contributed by atoms with Crippen LogP contribution in [-0.2, 0) is 4.79 Å². The van der Waals surface area contributed by atoms with Crippen molar-refractivity contribution in [3.63, 3.8) is 0 Å². The van der Waals surface area contributed by atoms with E-state index in [1.807, 2.05) is 6.92 Å². The zero-order valence-corrected chi connectivity index (χ0v) is 9.53. The normalized spacial score (nSPS) is 26.8. The van der Waals surface area contributed by atoms with Gasteiger partial charge in [-0.2, -0.15) is 5.26 Å². The van der Waals surface area contributed by atoms with Crippen LogP contribution in [0.1, 0.15) is 19.8 Å². The van der Waals surface area contributed by atoms with Crippen LogP contribution in [0.5, 0.6) is 0 Å². The molecule has 0 spiro atoms. The highest BCUT2D eigenvalue weighted by molar-refractivity contribution is 5.97. The summed E-state index contributed by atoms with van der Waals surface area (Å²) in [6.45, 7) is 2.01. The summed E-state index contributed by atoms with van der Waals surface area (Å²) >= 11 is 0. The molecule has 1 N–H and O–H groups in total. The molecule has 0 atom stereocenters. The van der Waals surface area contributed by atoms with Gasteiger partial charge in [-0.25, -0.2) is 4.39 Å². The van der Waals surface area contributed by atoms with Crippen LogP contribution in [0.15, 0.2) is 24.3 Å². The molecule has 0 aliphatic heterocycles. The molecular weight excluding hydrogens is 219 g/mol. The molecule has 1 aliphatic rings. The molecule has 0 radical (unpaired) electrons. The number of benzene rings is 1. The van der Waals surface area contributed by atoms with Crippen molar-refractivity contribution in [1.82, 2.24) is 0 Å². The molecule has 0 aromatic heterocycles. The van der Waals surface area contributed by atoms with Crippen LogP contribution in [0.2, 0.25) is 0 Å². The van der Waals surface area contributed by atoms with E-state index < -0.39 is 5.41 Å². The first-order valence-corrected chi connectivity index (χ1v) is 5.54. The van der Waals surface area contributed by atoms with Gasteiger partial charge in [-0.3, -0.25) is 4.79 Å². The number of nitriles is 1. The molecule has 0 bridgehead atoms. The second kappa shape index (κ2) is 4.17. The first kappa shape index (κ1) is 11.6. The van der Waals surface area contributed by atoms with E-state index in [1.165, 1.54) is 24.3 Å². The van der Waals surface area contributed by atoms with Crippen LogP contribution >= 0.6 is 0 Å². The fourth-order valence-corrected chi connectivity index (χ4v) is 2.24. The Morgan fingerprint density at radius 3 is 2.53 bits per heavy atom. The maximum Gasteiger partial charge on any atom is 0.244 e. The number of anilines is 1. The van der Waals surface area contributed by atoms with Gasteiger partial charge in [-0.05, 0) is 43.0 Å². The number of hydrogen-bond donors (Lipinski definition) is 1. The molecule has 1 aliphatic carbocycles.